The van der Waals surface area contributed by atoms with Gasteiger partial charge in [-0.2, -0.15) is 4.98 Å². The summed E-state index contributed by atoms with van der Waals surface area (Å²) in [6.45, 7) is 8.75. The molecule has 0 saturated carbocycles. The predicted molar refractivity (Wildman–Crippen MR) is 109 cm³/mol. The lowest BCUT2D eigenvalue weighted by molar-refractivity contribution is -0.896. The molecule has 0 atom stereocenters. The van der Waals surface area contributed by atoms with Gasteiger partial charge in [-0.3, -0.25) is 9.79 Å². The Bertz CT molecular complexity index is 835. The Morgan fingerprint density at radius 2 is 1.93 bits per heavy atom. The highest BCUT2D eigenvalue weighted by atomic mass is 35.5. The van der Waals surface area contributed by atoms with Crippen LogP contribution in [0.4, 0.5) is 10.8 Å². The number of likely N-dealkylation sites (N-methyl/N-ethyl adjacent to an activating group) is 1. The minimum absolute atomic E-state index is 0. The second-order valence-corrected chi connectivity index (χ2v) is 7.07. The van der Waals surface area contributed by atoms with Crippen LogP contribution in [0.5, 0.6) is 5.88 Å². The van der Waals surface area contributed by atoms with Crippen LogP contribution < -0.4 is 22.6 Å². The van der Waals surface area contributed by atoms with Gasteiger partial charge in [0, 0.05) is 6.92 Å². The molecule has 0 fully saturated rings. The zero-order chi connectivity index (χ0) is 20.5. The summed E-state index contributed by atoms with van der Waals surface area (Å²) < 4.78 is 5.31. The number of nitrogens with one attached hydrogen (secondary N) is 2. The second kappa shape index (κ2) is 12.2. The topological polar surface area (TPSA) is 105 Å². The largest absolute Gasteiger partial charge is 1.00 e. The zero-order valence-corrected chi connectivity index (χ0v) is 18.1. The summed E-state index contributed by atoms with van der Waals surface area (Å²) in [7, 11) is 0. The molecule has 0 aliphatic heterocycles. The molecule has 10 heteroatoms. The molecule has 1 aromatic heterocycles. The number of hydrogen-bond acceptors (Lipinski definition) is 7. The van der Waals surface area contributed by atoms with Gasteiger partial charge >= 0.3 is 5.97 Å². The predicted octanol–water partition coefficient (Wildman–Crippen LogP) is -1.36. The Morgan fingerprint density at radius 3 is 2.52 bits per heavy atom. The van der Waals surface area contributed by atoms with Crippen LogP contribution >= 0.6 is 11.3 Å². The van der Waals surface area contributed by atoms with Crippen LogP contribution in [0.2, 0.25) is 0 Å². The Kier molecular flexibility index (Phi) is 10.3. The fourth-order valence-electron chi connectivity index (χ4n) is 2.40. The molecule has 8 nitrogen and oxygen atoms in total. The average Bonchev–Trinajstić information content (AvgIpc) is 3.02. The van der Waals surface area contributed by atoms with Gasteiger partial charge in [0.05, 0.1) is 30.6 Å². The van der Waals surface area contributed by atoms with Crippen molar-refractivity contribution in [2.24, 2.45) is 4.99 Å². The van der Waals surface area contributed by atoms with Crippen molar-refractivity contribution in [2.45, 2.75) is 20.8 Å². The van der Waals surface area contributed by atoms with Crippen LogP contribution in [0.1, 0.15) is 36.0 Å². The van der Waals surface area contributed by atoms with Crippen LogP contribution in [-0.2, 0) is 9.53 Å². The van der Waals surface area contributed by atoms with Gasteiger partial charge in [-0.15, -0.1) is 0 Å². The normalized spacial score (nSPS) is 10.8. The number of rotatable bonds is 9. The first kappa shape index (κ1) is 24.5. The van der Waals surface area contributed by atoms with Crippen molar-refractivity contribution in [3.05, 3.63) is 34.7 Å². The molecule has 1 heterocycles. The minimum atomic E-state index is -0.359. The first-order valence-electron chi connectivity index (χ1n) is 9.05. The summed E-state index contributed by atoms with van der Waals surface area (Å²) in [5.74, 6) is -0.826. The second-order valence-electron chi connectivity index (χ2n) is 6.04. The highest BCUT2D eigenvalue weighted by Crippen LogP contribution is 2.27. The number of nitrogens with zero attached hydrogens (tertiary/aromatic N) is 2. The lowest BCUT2D eigenvalue weighted by Gasteiger charge is -2.14. The smallest absolute Gasteiger partial charge is 0.338 e. The highest BCUT2D eigenvalue weighted by molar-refractivity contribution is 7.17. The van der Waals surface area contributed by atoms with Gasteiger partial charge in [-0.1, -0.05) is 11.3 Å². The lowest BCUT2D eigenvalue weighted by atomic mass is 10.2. The molecule has 2 rings (SSSR count). The SMILES string of the molecule is CC[NH+](CC)CCOC(=O)c1ccc(N=Cc2sc(NC(C)=O)nc2O)cc1.[Cl-]. The third-order valence-corrected chi connectivity index (χ3v) is 4.93. The summed E-state index contributed by atoms with van der Waals surface area (Å²) in [4.78, 5) is 33.0. The molecular weight excluding hydrogens is 416 g/mol. The maximum atomic E-state index is 12.1. The van der Waals surface area contributed by atoms with Crippen molar-refractivity contribution in [3.63, 3.8) is 0 Å². The van der Waals surface area contributed by atoms with Crippen molar-refractivity contribution in [1.82, 2.24) is 4.98 Å². The third kappa shape index (κ3) is 7.80. The van der Waals surface area contributed by atoms with Crippen molar-refractivity contribution < 1.29 is 36.7 Å². The fourth-order valence-corrected chi connectivity index (χ4v) is 3.18. The van der Waals surface area contributed by atoms with E-state index in [1.54, 1.807) is 24.3 Å². The zero-order valence-electron chi connectivity index (χ0n) is 16.6. The van der Waals surface area contributed by atoms with E-state index in [1.165, 1.54) is 18.0 Å². The molecule has 158 valence electrons. The molecule has 0 radical (unpaired) electrons. The van der Waals surface area contributed by atoms with Crippen molar-refractivity contribution in [1.29, 1.82) is 0 Å². The number of benzene rings is 1. The molecule has 1 aromatic carbocycles. The molecule has 29 heavy (non-hydrogen) atoms. The summed E-state index contributed by atoms with van der Waals surface area (Å²) >= 11 is 1.11. The molecule has 0 aliphatic carbocycles. The quantitative estimate of drug-likeness (QED) is 0.330. The Morgan fingerprint density at radius 1 is 1.28 bits per heavy atom. The Labute approximate surface area is 180 Å². The van der Waals surface area contributed by atoms with Crippen molar-refractivity contribution in [3.8, 4) is 5.88 Å². The van der Waals surface area contributed by atoms with Crippen LogP contribution in [-0.4, -0.2) is 54.4 Å². The molecular formula is C19H25ClN4O4S. The first-order chi connectivity index (χ1) is 13.4. The number of halogens is 1. The van der Waals surface area contributed by atoms with E-state index in [1.807, 2.05) is 0 Å². The molecule has 0 spiro atoms. The van der Waals surface area contributed by atoms with E-state index in [2.05, 4.69) is 29.1 Å². The van der Waals surface area contributed by atoms with E-state index >= 15 is 0 Å². The van der Waals surface area contributed by atoms with Gasteiger partial charge in [-0.25, -0.2) is 4.79 Å². The number of quaternary nitrogens is 1. The Balaban J connectivity index is 0.00000420. The van der Waals surface area contributed by atoms with Gasteiger partial charge in [0.1, 0.15) is 18.0 Å². The average molecular weight is 441 g/mol. The van der Waals surface area contributed by atoms with Gasteiger partial charge in [-0.05, 0) is 38.1 Å². The molecule has 0 aliphatic rings. The fraction of sp³-hybridized carbons (Fsp3) is 0.368. The minimum Gasteiger partial charge on any atom is -1.00 e. The summed E-state index contributed by atoms with van der Waals surface area (Å²) in [5, 5.41) is 12.6. The molecule has 0 saturated heterocycles. The van der Waals surface area contributed by atoms with E-state index in [-0.39, 0.29) is 30.2 Å². The number of anilines is 1. The third-order valence-electron chi connectivity index (χ3n) is 4.04. The van der Waals surface area contributed by atoms with Crippen molar-refractivity contribution >= 4 is 40.2 Å². The van der Waals surface area contributed by atoms with E-state index in [9.17, 15) is 14.7 Å². The maximum absolute atomic E-state index is 12.1. The van der Waals surface area contributed by atoms with Crippen molar-refractivity contribution in [2.75, 3.05) is 31.6 Å². The maximum Gasteiger partial charge on any atom is 0.338 e. The number of aliphatic imine (C=N–C) groups is 1. The highest BCUT2D eigenvalue weighted by Gasteiger charge is 2.10. The number of esters is 1. The first-order valence-corrected chi connectivity index (χ1v) is 9.86. The van der Waals surface area contributed by atoms with Crippen LogP contribution in [0, 0.1) is 0 Å². The summed E-state index contributed by atoms with van der Waals surface area (Å²) in [6, 6.07) is 6.67. The molecule has 3 N–H and O–H groups in total. The number of thiazole rings is 1. The van der Waals surface area contributed by atoms with E-state index in [0.717, 1.165) is 31.0 Å². The Hall–Kier alpha value is -2.49. The number of aromatic nitrogens is 1. The molecule has 0 unspecified atom stereocenters. The van der Waals surface area contributed by atoms with Gasteiger partial charge < -0.3 is 32.5 Å². The number of carbonyl (C=O) groups is 2. The number of aromatic hydroxyl groups is 1. The monoisotopic (exact) mass is 440 g/mol. The number of carbonyl (C=O) groups excluding carboxylic acids is 2. The number of amides is 1. The lowest BCUT2D eigenvalue weighted by Crippen LogP contribution is -3.11. The molecule has 2 aromatic rings. The van der Waals surface area contributed by atoms with E-state index in [0.29, 0.717) is 27.9 Å². The van der Waals surface area contributed by atoms with Gasteiger partial charge in [0.2, 0.25) is 11.8 Å². The van der Waals surface area contributed by atoms with Gasteiger partial charge in [0.15, 0.2) is 5.13 Å². The standard InChI is InChI=1S/C19H24N4O4S.ClH/c1-4-23(5-2)10-11-27-18(26)14-6-8-15(9-7-14)20-12-16-17(25)22-19(28-16)21-13(3)24;/h6-9,12,25H,4-5,10-11H2,1-3H3,(H,21,22,24);1H. The molecule has 0 bridgehead atoms. The number of ether oxygens (including phenoxy) is 1. The van der Waals surface area contributed by atoms with Crippen LogP contribution in [0.3, 0.4) is 0 Å². The van der Waals surface area contributed by atoms with E-state index < -0.39 is 0 Å². The summed E-state index contributed by atoms with van der Waals surface area (Å²) in [5.41, 5.74) is 1.07. The van der Waals surface area contributed by atoms with E-state index in [4.69, 9.17) is 4.74 Å². The number of hydrogen-bond donors (Lipinski definition) is 3. The summed E-state index contributed by atoms with van der Waals surface area (Å²) in [6.07, 6.45) is 1.46. The van der Waals surface area contributed by atoms with Crippen LogP contribution in [0.15, 0.2) is 29.3 Å². The van der Waals surface area contributed by atoms with Gasteiger partial charge in [0.25, 0.3) is 0 Å². The van der Waals surface area contributed by atoms with Crippen LogP contribution in [0.25, 0.3) is 0 Å². The molecule has 1 amide bonds.